The van der Waals surface area contributed by atoms with E-state index in [0.717, 1.165) is 49.4 Å². The fraction of sp³-hybridized carbons (Fsp3) is 0.333. The molecule has 2 atom stereocenters. The maximum atomic E-state index is 10.8. The highest BCUT2D eigenvalue weighted by molar-refractivity contribution is 6.30. The molecule has 2 aliphatic rings. The van der Waals surface area contributed by atoms with Crippen LogP contribution in [0.3, 0.4) is 0 Å². The average molecular weight is 370 g/mol. The number of benzene rings is 1. The molecule has 2 unspecified atom stereocenters. The maximum absolute atomic E-state index is 10.8. The van der Waals surface area contributed by atoms with Crippen LogP contribution in [0, 0.1) is 5.92 Å². The van der Waals surface area contributed by atoms with E-state index in [1.54, 1.807) is 0 Å². The van der Waals surface area contributed by atoms with E-state index in [9.17, 15) is 4.79 Å². The fourth-order valence-electron chi connectivity index (χ4n) is 3.31. The van der Waals surface area contributed by atoms with Crippen LogP contribution in [0.1, 0.15) is 24.8 Å². The number of carbonyl (C=O) groups excluding carboxylic acids is 1. The summed E-state index contributed by atoms with van der Waals surface area (Å²) >= 11 is 5.99. The molecule has 0 fully saturated rings. The first-order chi connectivity index (χ1) is 12.7. The van der Waals surface area contributed by atoms with Crippen molar-refractivity contribution in [2.45, 2.75) is 31.7 Å². The van der Waals surface area contributed by atoms with Gasteiger partial charge in [-0.3, -0.25) is 9.79 Å². The van der Waals surface area contributed by atoms with Crippen molar-refractivity contribution in [2.75, 3.05) is 6.54 Å². The van der Waals surface area contributed by atoms with Crippen molar-refractivity contribution in [2.24, 2.45) is 10.9 Å². The van der Waals surface area contributed by atoms with Gasteiger partial charge in [-0.15, -0.1) is 0 Å². The van der Waals surface area contributed by atoms with Crippen LogP contribution >= 0.6 is 11.6 Å². The van der Waals surface area contributed by atoms with Gasteiger partial charge in [-0.1, -0.05) is 42.0 Å². The van der Waals surface area contributed by atoms with Crippen LogP contribution in [0.25, 0.3) is 0 Å². The molecule has 0 radical (unpaired) electrons. The smallest absolute Gasteiger partial charge is 0.211 e. The van der Waals surface area contributed by atoms with Crippen molar-refractivity contribution in [3.8, 4) is 0 Å². The predicted octanol–water partition coefficient (Wildman–Crippen LogP) is 3.80. The van der Waals surface area contributed by atoms with Crippen LogP contribution in [-0.4, -0.2) is 25.2 Å². The zero-order chi connectivity index (χ0) is 18.2. The fourth-order valence-corrected chi connectivity index (χ4v) is 3.44. The number of halogens is 1. The lowest BCUT2D eigenvalue weighted by Crippen LogP contribution is -2.37. The molecule has 1 aliphatic carbocycles. The molecule has 3 rings (SSSR count). The van der Waals surface area contributed by atoms with Crippen molar-refractivity contribution in [1.29, 1.82) is 0 Å². The monoisotopic (exact) mass is 369 g/mol. The summed E-state index contributed by atoms with van der Waals surface area (Å²) in [5.41, 5.74) is 3.37. The SMILES string of the molecule is O=CNC1=CC=CCC1N/C1=C/C(Cc2ccc(Cl)cc2)CC=NCC1. The summed E-state index contributed by atoms with van der Waals surface area (Å²) in [6.45, 7) is 0.787. The summed E-state index contributed by atoms with van der Waals surface area (Å²) in [5.74, 6) is 0.383. The van der Waals surface area contributed by atoms with E-state index in [2.05, 4.69) is 39.9 Å². The van der Waals surface area contributed by atoms with Crippen molar-refractivity contribution in [3.63, 3.8) is 0 Å². The molecular weight excluding hydrogens is 346 g/mol. The molecule has 1 heterocycles. The second-order valence-corrected chi connectivity index (χ2v) is 7.04. The zero-order valence-corrected chi connectivity index (χ0v) is 15.5. The van der Waals surface area contributed by atoms with Gasteiger partial charge in [0, 0.05) is 29.4 Å². The van der Waals surface area contributed by atoms with Crippen molar-refractivity contribution >= 4 is 24.2 Å². The molecule has 0 saturated heterocycles. The molecule has 1 aliphatic heterocycles. The number of hydrogen-bond acceptors (Lipinski definition) is 3. The summed E-state index contributed by atoms with van der Waals surface area (Å²) in [4.78, 5) is 15.4. The Hall–Kier alpha value is -2.33. The highest BCUT2D eigenvalue weighted by atomic mass is 35.5. The molecule has 0 bridgehead atoms. The maximum Gasteiger partial charge on any atom is 0.211 e. The molecule has 0 aromatic heterocycles. The van der Waals surface area contributed by atoms with Crippen LogP contribution in [0.4, 0.5) is 0 Å². The van der Waals surface area contributed by atoms with E-state index in [1.807, 2.05) is 30.5 Å². The molecule has 2 N–H and O–H groups in total. The number of amides is 1. The summed E-state index contributed by atoms with van der Waals surface area (Å²) in [6, 6.07) is 8.14. The summed E-state index contributed by atoms with van der Waals surface area (Å²) in [7, 11) is 0. The van der Waals surface area contributed by atoms with Crippen LogP contribution < -0.4 is 10.6 Å². The van der Waals surface area contributed by atoms with Gasteiger partial charge < -0.3 is 10.6 Å². The van der Waals surface area contributed by atoms with Crippen molar-refractivity contribution < 1.29 is 4.79 Å². The Kier molecular flexibility index (Phi) is 6.67. The van der Waals surface area contributed by atoms with E-state index in [-0.39, 0.29) is 6.04 Å². The molecule has 136 valence electrons. The van der Waals surface area contributed by atoms with Gasteiger partial charge in [-0.05, 0) is 55.2 Å². The zero-order valence-electron chi connectivity index (χ0n) is 14.7. The minimum Gasteiger partial charge on any atom is -0.380 e. The molecule has 0 spiro atoms. The number of aliphatic imine (C=N–C) groups is 1. The first-order valence-electron chi connectivity index (χ1n) is 9.01. The van der Waals surface area contributed by atoms with E-state index < -0.39 is 0 Å². The van der Waals surface area contributed by atoms with Gasteiger partial charge >= 0.3 is 0 Å². The minimum atomic E-state index is 0.0936. The lowest BCUT2D eigenvalue weighted by Gasteiger charge is -2.26. The van der Waals surface area contributed by atoms with Crippen LogP contribution in [0.2, 0.25) is 5.02 Å². The Bertz CT molecular complexity index is 734. The van der Waals surface area contributed by atoms with E-state index in [4.69, 9.17) is 11.6 Å². The van der Waals surface area contributed by atoms with Crippen LogP contribution in [0.15, 0.2) is 65.0 Å². The normalized spacial score (nSPS) is 24.7. The first-order valence-corrected chi connectivity index (χ1v) is 9.39. The summed E-state index contributed by atoms with van der Waals surface area (Å²) in [6.07, 6.45) is 14.7. The first kappa shape index (κ1) is 18.5. The number of nitrogens with zero attached hydrogens (tertiary/aromatic N) is 1. The Labute approximate surface area is 159 Å². The van der Waals surface area contributed by atoms with Gasteiger partial charge in [0.15, 0.2) is 0 Å². The lowest BCUT2D eigenvalue weighted by atomic mass is 9.94. The molecule has 0 saturated carbocycles. The number of rotatable bonds is 6. The van der Waals surface area contributed by atoms with Crippen molar-refractivity contribution in [1.82, 2.24) is 10.6 Å². The van der Waals surface area contributed by atoms with Gasteiger partial charge in [0.1, 0.15) is 0 Å². The van der Waals surface area contributed by atoms with Crippen LogP contribution in [0.5, 0.6) is 0 Å². The third-order valence-electron chi connectivity index (χ3n) is 4.64. The summed E-state index contributed by atoms with van der Waals surface area (Å²) < 4.78 is 0. The van der Waals surface area contributed by atoms with Crippen molar-refractivity contribution in [3.05, 3.63) is 70.5 Å². The highest BCUT2D eigenvalue weighted by Crippen LogP contribution is 2.20. The standard InChI is InChI=1S/C21H24ClN3O/c22-18-7-5-16(6-8-18)13-17-9-11-23-12-10-19(14-17)25-21-4-2-1-3-20(21)24-15-26/h1-3,5-8,11,14-15,17,21,25H,4,9-10,12-13H2,(H,24,26)/b19-14+,23-11?. The Morgan fingerprint density at radius 1 is 1.23 bits per heavy atom. The van der Waals surface area contributed by atoms with Gasteiger partial charge in [-0.2, -0.15) is 0 Å². The highest BCUT2D eigenvalue weighted by Gasteiger charge is 2.17. The van der Waals surface area contributed by atoms with Gasteiger partial charge in [-0.25, -0.2) is 0 Å². The molecule has 4 nitrogen and oxygen atoms in total. The topological polar surface area (TPSA) is 53.5 Å². The molecular formula is C21H24ClN3O. The Morgan fingerprint density at radius 2 is 2.08 bits per heavy atom. The Morgan fingerprint density at radius 3 is 2.88 bits per heavy atom. The van der Waals surface area contributed by atoms with E-state index >= 15 is 0 Å². The number of hydrogen-bond donors (Lipinski definition) is 2. The second-order valence-electron chi connectivity index (χ2n) is 6.60. The third kappa shape index (κ3) is 5.33. The van der Waals surface area contributed by atoms with Crippen LogP contribution in [-0.2, 0) is 11.2 Å². The molecule has 5 heteroatoms. The summed E-state index contributed by atoms with van der Waals surface area (Å²) in [5, 5.41) is 7.18. The minimum absolute atomic E-state index is 0.0936. The van der Waals surface area contributed by atoms with Gasteiger partial charge in [0.05, 0.1) is 6.04 Å². The number of allylic oxidation sites excluding steroid dienone is 3. The molecule has 1 aromatic carbocycles. The quantitative estimate of drug-likeness (QED) is 0.749. The lowest BCUT2D eigenvalue weighted by molar-refractivity contribution is -0.109. The molecule has 26 heavy (non-hydrogen) atoms. The largest absolute Gasteiger partial charge is 0.380 e. The van der Waals surface area contributed by atoms with E-state index in [1.165, 1.54) is 11.3 Å². The Balaban J connectivity index is 1.71. The average Bonchev–Trinajstić information content (AvgIpc) is 2.62. The predicted molar refractivity (Wildman–Crippen MR) is 107 cm³/mol. The van der Waals surface area contributed by atoms with E-state index in [0.29, 0.717) is 5.92 Å². The van der Waals surface area contributed by atoms with Gasteiger partial charge in [0.2, 0.25) is 6.41 Å². The number of nitrogens with one attached hydrogen (secondary N) is 2. The second kappa shape index (κ2) is 9.39. The number of carbonyl (C=O) groups is 1. The molecule has 1 aromatic rings. The van der Waals surface area contributed by atoms with Gasteiger partial charge in [0.25, 0.3) is 0 Å². The third-order valence-corrected chi connectivity index (χ3v) is 4.89. The molecule has 1 amide bonds.